The summed E-state index contributed by atoms with van der Waals surface area (Å²) in [6.07, 6.45) is 1.10. The molecule has 2 saturated heterocycles. The zero-order chi connectivity index (χ0) is 30.3. The highest BCUT2D eigenvalue weighted by atomic mass is 35.5. The van der Waals surface area contributed by atoms with Crippen LogP contribution in [-0.4, -0.2) is 113 Å². The van der Waals surface area contributed by atoms with Crippen molar-refractivity contribution in [3.05, 3.63) is 70.4 Å². The van der Waals surface area contributed by atoms with E-state index in [2.05, 4.69) is 54.5 Å². The number of rotatable bonds is 10. The van der Waals surface area contributed by atoms with Crippen molar-refractivity contribution in [2.24, 2.45) is 0 Å². The number of anilines is 3. The monoisotopic (exact) mass is 612 g/mol. The first-order valence-corrected chi connectivity index (χ1v) is 14.8. The number of β-amino-alcohol motifs (C(OH)–C–C–N with tert-alkyl or cyclic N) is 1. The number of amides is 1. The number of aliphatic hydroxyl groups is 1. The number of halogens is 2. The number of hydrogen-bond acceptors (Lipinski definition) is 10. The SMILES string of the molecule is CN1CCN(Cc2ccc(Nc3cc(Cl)c(O)c(C(=O)NCc4ncc(F)c(N5CCN(CCO)CC5)n4)c3)cc2)CC1. The number of hydrogen-bond donors (Lipinski definition) is 4. The van der Waals surface area contributed by atoms with Gasteiger partial charge < -0.3 is 30.6 Å². The zero-order valence-electron chi connectivity index (χ0n) is 24.3. The number of benzene rings is 2. The number of aliphatic hydroxyl groups excluding tert-OH is 1. The smallest absolute Gasteiger partial charge is 0.255 e. The topological polar surface area (TPSA) is 120 Å². The molecule has 11 nitrogen and oxygen atoms in total. The number of piperazine rings is 2. The number of aromatic nitrogens is 2. The third-order valence-corrected chi connectivity index (χ3v) is 8.11. The van der Waals surface area contributed by atoms with Crippen molar-refractivity contribution >= 4 is 34.7 Å². The number of likely N-dealkylation sites (N-methyl/N-ethyl adjacent to an activating group) is 1. The molecule has 2 aliphatic rings. The highest BCUT2D eigenvalue weighted by Gasteiger charge is 2.22. The number of carbonyl (C=O) groups excluding carboxylic acids is 1. The van der Waals surface area contributed by atoms with Gasteiger partial charge in [-0.2, -0.15) is 0 Å². The molecule has 3 aromatic rings. The van der Waals surface area contributed by atoms with Crippen LogP contribution in [0.3, 0.4) is 0 Å². The Kier molecular flexibility index (Phi) is 10.3. The van der Waals surface area contributed by atoms with Gasteiger partial charge in [-0.05, 0) is 36.9 Å². The Bertz CT molecular complexity index is 1400. The lowest BCUT2D eigenvalue weighted by Gasteiger charge is -2.35. The molecule has 0 spiro atoms. The maximum Gasteiger partial charge on any atom is 0.255 e. The number of aromatic hydroxyl groups is 1. The molecule has 230 valence electrons. The molecule has 0 radical (unpaired) electrons. The molecule has 0 bridgehead atoms. The summed E-state index contributed by atoms with van der Waals surface area (Å²) in [6.45, 7) is 8.20. The minimum Gasteiger partial charge on any atom is -0.506 e. The van der Waals surface area contributed by atoms with Gasteiger partial charge in [0.2, 0.25) is 0 Å². The number of nitrogens with one attached hydrogen (secondary N) is 2. The highest BCUT2D eigenvalue weighted by Crippen LogP contribution is 2.33. The van der Waals surface area contributed by atoms with E-state index in [0.29, 0.717) is 38.4 Å². The summed E-state index contributed by atoms with van der Waals surface area (Å²) in [7, 11) is 2.14. The van der Waals surface area contributed by atoms with Crippen LogP contribution in [0.1, 0.15) is 21.7 Å². The molecule has 2 aliphatic heterocycles. The molecule has 2 fully saturated rings. The van der Waals surface area contributed by atoms with Gasteiger partial charge in [0, 0.05) is 76.8 Å². The van der Waals surface area contributed by atoms with Gasteiger partial charge in [-0.25, -0.2) is 14.4 Å². The molecule has 5 rings (SSSR count). The van der Waals surface area contributed by atoms with Gasteiger partial charge in [0.05, 0.1) is 29.9 Å². The van der Waals surface area contributed by atoms with Gasteiger partial charge in [-0.3, -0.25) is 14.6 Å². The quantitative estimate of drug-likeness (QED) is 0.254. The van der Waals surface area contributed by atoms with Gasteiger partial charge in [-0.15, -0.1) is 0 Å². The third kappa shape index (κ3) is 8.09. The first-order chi connectivity index (χ1) is 20.8. The molecule has 43 heavy (non-hydrogen) atoms. The average Bonchev–Trinajstić information content (AvgIpc) is 3.01. The zero-order valence-corrected chi connectivity index (χ0v) is 25.0. The molecular weight excluding hydrogens is 575 g/mol. The van der Waals surface area contributed by atoms with E-state index >= 15 is 0 Å². The summed E-state index contributed by atoms with van der Waals surface area (Å²) in [5, 5.41) is 25.7. The summed E-state index contributed by atoms with van der Waals surface area (Å²) in [4.78, 5) is 30.1. The van der Waals surface area contributed by atoms with Gasteiger partial charge >= 0.3 is 0 Å². The number of phenolic OH excluding ortho intramolecular Hbond substituents is 1. The molecule has 3 heterocycles. The largest absolute Gasteiger partial charge is 0.506 e. The van der Waals surface area contributed by atoms with Crippen LogP contribution >= 0.6 is 11.6 Å². The molecule has 4 N–H and O–H groups in total. The predicted molar refractivity (Wildman–Crippen MR) is 165 cm³/mol. The lowest BCUT2D eigenvalue weighted by atomic mass is 10.1. The Morgan fingerprint density at radius 2 is 1.70 bits per heavy atom. The first-order valence-electron chi connectivity index (χ1n) is 14.5. The molecule has 0 saturated carbocycles. The van der Waals surface area contributed by atoms with Crippen LogP contribution < -0.4 is 15.5 Å². The van der Waals surface area contributed by atoms with Gasteiger partial charge in [0.15, 0.2) is 11.6 Å². The Labute approximate surface area is 255 Å². The van der Waals surface area contributed by atoms with E-state index in [4.69, 9.17) is 16.7 Å². The number of nitrogens with zero attached hydrogens (tertiary/aromatic N) is 6. The molecule has 1 amide bonds. The summed E-state index contributed by atoms with van der Waals surface area (Å²) in [6, 6.07) is 11.2. The summed E-state index contributed by atoms with van der Waals surface area (Å²) in [5.74, 6) is -1.04. The maximum atomic E-state index is 14.6. The van der Waals surface area contributed by atoms with E-state index < -0.39 is 11.7 Å². The molecular formula is C30H38ClFN8O3. The molecule has 2 aromatic carbocycles. The Hall–Kier alpha value is -3.55. The molecule has 0 atom stereocenters. The van der Waals surface area contributed by atoms with Gasteiger partial charge in [0.1, 0.15) is 11.6 Å². The second-order valence-electron chi connectivity index (χ2n) is 10.9. The number of phenols is 1. The molecule has 13 heteroatoms. The van der Waals surface area contributed by atoms with Crippen LogP contribution in [0.2, 0.25) is 5.02 Å². The fourth-order valence-electron chi connectivity index (χ4n) is 5.25. The van der Waals surface area contributed by atoms with Crippen LogP contribution in [0.4, 0.5) is 21.6 Å². The van der Waals surface area contributed by atoms with Gasteiger partial charge in [-0.1, -0.05) is 23.7 Å². The van der Waals surface area contributed by atoms with Crippen molar-refractivity contribution in [2.45, 2.75) is 13.1 Å². The predicted octanol–water partition coefficient (Wildman–Crippen LogP) is 2.51. The molecule has 0 aliphatic carbocycles. The second-order valence-corrected chi connectivity index (χ2v) is 11.4. The Morgan fingerprint density at radius 1 is 1.00 bits per heavy atom. The van der Waals surface area contributed by atoms with Crippen LogP contribution in [0.25, 0.3) is 0 Å². The Balaban J connectivity index is 1.20. The van der Waals surface area contributed by atoms with E-state index in [9.17, 15) is 14.3 Å². The van der Waals surface area contributed by atoms with E-state index in [1.807, 2.05) is 17.0 Å². The van der Waals surface area contributed by atoms with E-state index in [-0.39, 0.29) is 41.1 Å². The summed E-state index contributed by atoms with van der Waals surface area (Å²) in [5.41, 5.74) is 2.57. The minimum absolute atomic E-state index is 0.0102. The van der Waals surface area contributed by atoms with Crippen LogP contribution in [0.5, 0.6) is 5.75 Å². The summed E-state index contributed by atoms with van der Waals surface area (Å²) < 4.78 is 14.6. The fourth-order valence-corrected chi connectivity index (χ4v) is 5.47. The van der Waals surface area contributed by atoms with Gasteiger partial charge in [0.25, 0.3) is 5.91 Å². The highest BCUT2D eigenvalue weighted by molar-refractivity contribution is 6.33. The van der Waals surface area contributed by atoms with Crippen molar-refractivity contribution in [3.8, 4) is 5.75 Å². The van der Waals surface area contributed by atoms with Crippen molar-refractivity contribution in [1.82, 2.24) is 30.0 Å². The van der Waals surface area contributed by atoms with Crippen molar-refractivity contribution in [2.75, 3.05) is 82.8 Å². The summed E-state index contributed by atoms with van der Waals surface area (Å²) >= 11 is 6.28. The normalized spacial score (nSPS) is 16.8. The van der Waals surface area contributed by atoms with E-state index in [1.165, 1.54) is 11.6 Å². The van der Waals surface area contributed by atoms with Crippen LogP contribution in [0, 0.1) is 5.82 Å². The van der Waals surface area contributed by atoms with E-state index in [0.717, 1.165) is 44.6 Å². The average molecular weight is 613 g/mol. The number of carbonyl (C=O) groups is 1. The maximum absolute atomic E-state index is 14.6. The molecule has 1 aromatic heterocycles. The van der Waals surface area contributed by atoms with Crippen molar-refractivity contribution < 1.29 is 19.4 Å². The Morgan fingerprint density at radius 3 is 2.40 bits per heavy atom. The van der Waals surface area contributed by atoms with Crippen molar-refractivity contribution in [1.29, 1.82) is 0 Å². The second kappa shape index (κ2) is 14.3. The lowest BCUT2D eigenvalue weighted by molar-refractivity contribution is 0.0947. The standard InChI is InChI=1S/C30H38ClFN8O3/c1-37-6-8-39(9-7-37)20-21-2-4-22(5-3-21)35-23-16-24(28(42)25(31)17-23)30(43)34-19-27-33-18-26(32)29(36-27)40-12-10-38(11-13-40)14-15-41/h2-5,16-18,35,41-42H,6-15,19-20H2,1H3,(H,34,43). The minimum atomic E-state index is -0.572. The molecule has 0 unspecified atom stereocenters. The van der Waals surface area contributed by atoms with Crippen LogP contribution in [-0.2, 0) is 13.1 Å². The van der Waals surface area contributed by atoms with E-state index in [1.54, 1.807) is 6.07 Å². The third-order valence-electron chi connectivity index (χ3n) is 7.82. The van der Waals surface area contributed by atoms with Crippen LogP contribution in [0.15, 0.2) is 42.6 Å². The first kappa shape index (κ1) is 30.9. The fraction of sp³-hybridized carbons (Fsp3) is 0.433. The lowest BCUT2D eigenvalue weighted by Crippen LogP contribution is -2.47. The van der Waals surface area contributed by atoms with Crippen molar-refractivity contribution in [3.63, 3.8) is 0 Å².